The summed E-state index contributed by atoms with van der Waals surface area (Å²) in [6.07, 6.45) is 0. The largest absolute Gasteiger partial charge is 0.494 e. The maximum absolute atomic E-state index is 6.07. The van der Waals surface area contributed by atoms with Crippen molar-refractivity contribution in [3.05, 3.63) is 53.9 Å². The highest BCUT2D eigenvalue weighted by atomic mass is 35.5. The molecular weight excluding hydrogens is 284 g/mol. The summed E-state index contributed by atoms with van der Waals surface area (Å²) in [5.74, 6) is 2.09. The molecule has 0 bridgehead atoms. The third-order valence-electron chi connectivity index (χ3n) is 3.40. The molecule has 0 fully saturated rings. The van der Waals surface area contributed by atoms with Crippen molar-refractivity contribution in [2.45, 2.75) is 19.7 Å². The molecule has 0 atom stereocenters. The number of hydrogen-bond donors (Lipinski definition) is 0. The quantitative estimate of drug-likeness (QED) is 0.665. The van der Waals surface area contributed by atoms with Crippen LogP contribution in [0, 0.1) is 6.92 Å². The zero-order valence-corrected chi connectivity index (χ0v) is 12.9. The van der Waals surface area contributed by atoms with E-state index < -0.39 is 0 Å². The molecule has 0 spiro atoms. The van der Waals surface area contributed by atoms with Crippen LogP contribution in [0.3, 0.4) is 0 Å². The third kappa shape index (κ3) is 2.61. The SMILES string of the molecule is CCOc1ccc(-n2c(CCl)nc3cc(C)ccc32)cc1. The molecule has 0 aliphatic heterocycles. The summed E-state index contributed by atoms with van der Waals surface area (Å²) in [5, 5.41) is 0. The number of fused-ring (bicyclic) bond motifs is 1. The lowest BCUT2D eigenvalue weighted by atomic mass is 10.2. The fraction of sp³-hybridized carbons (Fsp3) is 0.235. The van der Waals surface area contributed by atoms with Gasteiger partial charge in [0.25, 0.3) is 0 Å². The van der Waals surface area contributed by atoms with E-state index >= 15 is 0 Å². The van der Waals surface area contributed by atoms with Gasteiger partial charge in [0.1, 0.15) is 11.6 Å². The van der Waals surface area contributed by atoms with E-state index in [9.17, 15) is 0 Å². The molecule has 0 aliphatic carbocycles. The Kier molecular flexibility index (Phi) is 3.84. The lowest BCUT2D eigenvalue weighted by molar-refractivity contribution is 0.340. The van der Waals surface area contributed by atoms with Gasteiger partial charge in [-0.05, 0) is 55.8 Å². The minimum Gasteiger partial charge on any atom is -0.494 e. The van der Waals surface area contributed by atoms with Gasteiger partial charge in [0, 0.05) is 5.69 Å². The Labute approximate surface area is 129 Å². The average Bonchev–Trinajstić information content (AvgIpc) is 2.86. The van der Waals surface area contributed by atoms with Crippen LogP contribution in [-0.2, 0) is 5.88 Å². The molecule has 0 N–H and O–H groups in total. The lowest BCUT2D eigenvalue weighted by Gasteiger charge is -2.09. The summed E-state index contributed by atoms with van der Waals surface area (Å²) in [6, 6.07) is 14.3. The smallest absolute Gasteiger partial charge is 0.129 e. The number of ether oxygens (including phenoxy) is 1. The summed E-state index contributed by atoms with van der Waals surface area (Å²) in [5.41, 5.74) is 4.28. The summed E-state index contributed by atoms with van der Waals surface area (Å²) >= 11 is 6.07. The van der Waals surface area contributed by atoms with Gasteiger partial charge in [-0.1, -0.05) is 6.07 Å². The van der Waals surface area contributed by atoms with Gasteiger partial charge < -0.3 is 4.74 Å². The van der Waals surface area contributed by atoms with Gasteiger partial charge >= 0.3 is 0 Å². The van der Waals surface area contributed by atoms with Crippen molar-refractivity contribution < 1.29 is 4.74 Å². The fourth-order valence-corrected chi connectivity index (χ4v) is 2.66. The van der Waals surface area contributed by atoms with E-state index in [2.05, 4.69) is 34.7 Å². The molecule has 0 unspecified atom stereocenters. The second kappa shape index (κ2) is 5.78. The van der Waals surface area contributed by atoms with Crippen LogP contribution >= 0.6 is 11.6 Å². The van der Waals surface area contributed by atoms with Crippen molar-refractivity contribution in [1.82, 2.24) is 9.55 Å². The van der Waals surface area contributed by atoms with Crippen LogP contribution in [0.25, 0.3) is 16.7 Å². The number of alkyl halides is 1. The molecule has 1 heterocycles. The maximum Gasteiger partial charge on any atom is 0.129 e. The van der Waals surface area contributed by atoms with Gasteiger partial charge in [0.2, 0.25) is 0 Å². The molecule has 0 amide bonds. The zero-order chi connectivity index (χ0) is 14.8. The molecular formula is C17H17ClN2O. The first-order chi connectivity index (χ1) is 10.2. The van der Waals surface area contributed by atoms with E-state index in [0.29, 0.717) is 12.5 Å². The van der Waals surface area contributed by atoms with Gasteiger partial charge in [-0.2, -0.15) is 0 Å². The van der Waals surface area contributed by atoms with Gasteiger partial charge in [-0.25, -0.2) is 4.98 Å². The number of halogens is 1. The first-order valence-corrected chi connectivity index (χ1v) is 7.53. The van der Waals surface area contributed by atoms with Crippen molar-refractivity contribution in [3.8, 4) is 11.4 Å². The third-order valence-corrected chi connectivity index (χ3v) is 3.64. The minimum absolute atomic E-state index is 0.376. The molecule has 2 aromatic carbocycles. The Balaban J connectivity index is 2.13. The highest BCUT2D eigenvalue weighted by Gasteiger charge is 2.11. The Morgan fingerprint density at radius 1 is 1.14 bits per heavy atom. The highest BCUT2D eigenvalue weighted by molar-refractivity contribution is 6.17. The number of hydrogen-bond acceptors (Lipinski definition) is 2. The molecule has 21 heavy (non-hydrogen) atoms. The topological polar surface area (TPSA) is 27.1 Å². The predicted molar refractivity (Wildman–Crippen MR) is 86.5 cm³/mol. The van der Waals surface area contributed by atoms with E-state index in [0.717, 1.165) is 28.3 Å². The number of aryl methyl sites for hydroxylation is 1. The van der Waals surface area contributed by atoms with Gasteiger partial charge in [0.15, 0.2) is 0 Å². The molecule has 3 rings (SSSR count). The fourth-order valence-electron chi connectivity index (χ4n) is 2.48. The summed E-state index contributed by atoms with van der Waals surface area (Å²) in [7, 11) is 0. The Morgan fingerprint density at radius 2 is 1.90 bits per heavy atom. The average molecular weight is 301 g/mol. The van der Waals surface area contributed by atoms with Crippen molar-refractivity contribution in [3.63, 3.8) is 0 Å². The molecule has 0 radical (unpaired) electrons. The van der Waals surface area contributed by atoms with Crippen LogP contribution in [-0.4, -0.2) is 16.2 Å². The standard InChI is InChI=1S/C17H17ClN2O/c1-3-21-14-7-5-13(6-8-14)20-16-9-4-12(2)10-15(16)19-17(20)11-18/h4-10H,3,11H2,1-2H3. The summed E-state index contributed by atoms with van der Waals surface area (Å²) < 4.78 is 7.58. The molecule has 3 nitrogen and oxygen atoms in total. The Hall–Kier alpha value is -2.00. The zero-order valence-electron chi connectivity index (χ0n) is 12.1. The van der Waals surface area contributed by atoms with Crippen LogP contribution in [0.2, 0.25) is 0 Å². The Morgan fingerprint density at radius 3 is 2.57 bits per heavy atom. The monoisotopic (exact) mass is 300 g/mol. The lowest BCUT2D eigenvalue weighted by Crippen LogP contribution is -1.99. The van der Waals surface area contributed by atoms with E-state index in [1.165, 1.54) is 5.56 Å². The molecule has 4 heteroatoms. The molecule has 0 saturated heterocycles. The van der Waals surface area contributed by atoms with Crippen LogP contribution in [0.4, 0.5) is 0 Å². The van der Waals surface area contributed by atoms with Gasteiger partial charge in [-0.15, -0.1) is 11.6 Å². The summed E-state index contributed by atoms with van der Waals surface area (Å²) in [4.78, 5) is 4.63. The van der Waals surface area contributed by atoms with E-state index in [1.54, 1.807) is 0 Å². The number of rotatable bonds is 4. The minimum atomic E-state index is 0.376. The second-order valence-electron chi connectivity index (χ2n) is 4.92. The number of aromatic nitrogens is 2. The van der Waals surface area contributed by atoms with Crippen molar-refractivity contribution in [2.75, 3.05) is 6.61 Å². The molecule has 3 aromatic rings. The normalized spacial score (nSPS) is 11.0. The van der Waals surface area contributed by atoms with Crippen molar-refractivity contribution in [1.29, 1.82) is 0 Å². The Bertz CT molecular complexity index is 762. The predicted octanol–water partition coefficient (Wildman–Crippen LogP) is 4.47. The van der Waals surface area contributed by atoms with Crippen molar-refractivity contribution >= 4 is 22.6 Å². The first kappa shape index (κ1) is 14.0. The van der Waals surface area contributed by atoms with Gasteiger partial charge in [-0.3, -0.25) is 4.57 Å². The van der Waals surface area contributed by atoms with E-state index in [1.807, 2.05) is 31.2 Å². The van der Waals surface area contributed by atoms with Crippen LogP contribution in [0.1, 0.15) is 18.3 Å². The maximum atomic E-state index is 6.07. The van der Waals surface area contributed by atoms with E-state index in [-0.39, 0.29) is 0 Å². The second-order valence-corrected chi connectivity index (χ2v) is 5.18. The van der Waals surface area contributed by atoms with E-state index in [4.69, 9.17) is 16.3 Å². The number of imidazole rings is 1. The van der Waals surface area contributed by atoms with Crippen LogP contribution < -0.4 is 4.74 Å². The molecule has 0 aliphatic rings. The first-order valence-electron chi connectivity index (χ1n) is 7.00. The van der Waals surface area contributed by atoms with Gasteiger partial charge in [0.05, 0.1) is 23.5 Å². The highest BCUT2D eigenvalue weighted by Crippen LogP contribution is 2.25. The number of benzene rings is 2. The molecule has 0 saturated carbocycles. The van der Waals surface area contributed by atoms with Crippen LogP contribution in [0.5, 0.6) is 5.75 Å². The van der Waals surface area contributed by atoms with Crippen LogP contribution in [0.15, 0.2) is 42.5 Å². The number of nitrogens with zero attached hydrogens (tertiary/aromatic N) is 2. The molecule has 108 valence electrons. The summed E-state index contributed by atoms with van der Waals surface area (Å²) in [6.45, 7) is 4.71. The van der Waals surface area contributed by atoms with Crippen molar-refractivity contribution in [2.24, 2.45) is 0 Å². The molecule has 1 aromatic heterocycles.